The SMILES string of the molecule is CCNC(=NCc1ccc(S(N)(=O)=O)cc1)NCCc1ccc(F)cc1. The summed E-state index contributed by atoms with van der Waals surface area (Å²) in [7, 11) is -3.68. The van der Waals surface area contributed by atoms with E-state index in [9.17, 15) is 12.8 Å². The minimum atomic E-state index is -3.68. The number of aliphatic imine (C=N–C) groups is 1. The van der Waals surface area contributed by atoms with Gasteiger partial charge in [0.2, 0.25) is 10.0 Å². The molecular formula is C18H23FN4O2S. The standard InChI is InChI=1S/C18H23FN4O2S/c1-2-21-18(22-12-11-14-3-7-16(19)8-4-14)23-13-15-5-9-17(10-6-15)26(20,24)25/h3-10H,2,11-13H2,1H3,(H2,20,24,25)(H2,21,22,23). The van der Waals surface area contributed by atoms with Crippen LogP contribution in [0.15, 0.2) is 58.4 Å². The molecule has 6 nitrogen and oxygen atoms in total. The maximum absolute atomic E-state index is 12.9. The third-order valence-corrected chi connectivity index (χ3v) is 4.56. The molecule has 0 heterocycles. The second-order valence-corrected chi connectivity index (χ2v) is 7.25. The van der Waals surface area contributed by atoms with Gasteiger partial charge in [0.25, 0.3) is 0 Å². The molecule has 4 N–H and O–H groups in total. The van der Waals surface area contributed by atoms with E-state index in [1.165, 1.54) is 24.3 Å². The van der Waals surface area contributed by atoms with Crippen molar-refractivity contribution >= 4 is 16.0 Å². The number of nitrogens with two attached hydrogens (primary N) is 1. The molecule has 26 heavy (non-hydrogen) atoms. The first kappa shape index (κ1) is 19.9. The Balaban J connectivity index is 1.92. The molecule has 0 fully saturated rings. The molecule has 0 saturated carbocycles. The lowest BCUT2D eigenvalue weighted by atomic mass is 10.1. The number of nitrogens with zero attached hydrogens (tertiary/aromatic N) is 1. The second-order valence-electron chi connectivity index (χ2n) is 5.69. The van der Waals surface area contributed by atoms with Crippen molar-refractivity contribution in [2.45, 2.75) is 24.8 Å². The number of hydrogen-bond acceptors (Lipinski definition) is 3. The first-order valence-corrected chi connectivity index (χ1v) is 9.81. The monoisotopic (exact) mass is 378 g/mol. The Labute approximate surface area is 153 Å². The lowest BCUT2D eigenvalue weighted by molar-refractivity contribution is 0.597. The molecule has 2 aromatic rings. The van der Waals surface area contributed by atoms with E-state index in [4.69, 9.17) is 5.14 Å². The zero-order chi connectivity index (χ0) is 19.0. The van der Waals surface area contributed by atoms with Crippen molar-refractivity contribution in [1.82, 2.24) is 10.6 Å². The summed E-state index contributed by atoms with van der Waals surface area (Å²) in [5, 5.41) is 11.4. The number of primary sulfonamides is 1. The van der Waals surface area contributed by atoms with Gasteiger partial charge in [0.15, 0.2) is 5.96 Å². The van der Waals surface area contributed by atoms with Crippen LogP contribution in [-0.2, 0) is 23.0 Å². The quantitative estimate of drug-likeness (QED) is 0.505. The lowest BCUT2D eigenvalue weighted by Crippen LogP contribution is -2.38. The number of rotatable bonds is 7. The van der Waals surface area contributed by atoms with Crippen LogP contribution in [0.1, 0.15) is 18.1 Å². The van der Waals surface area contributed by atoms with Crippen LogP contribution in [0.2, 0.25) is 0 Å². The predicted molar refractivity (Wildman–Crippen MR) is 101 cm³/mol. The number of halogens is 1. The molecule has 140 valence electrons. The molecule has 2 rings (SSSR count). The third-order valence-electron chi connectivity index (χ3n) is 3.64. The van der Waals surface area contributed by atoms with Crippen LogP contribution >= 0.6 is 0 Å². The summed E-state index contributed by atoms with van der Waals surface area (Å²) in [5.74, 6) is 0.412. The molecule has 2 aromatic carbocycles. The Hall–Kier alpha value is -2.45. The van der Waals surface area contributed by atoms with Crippen LogP contribution in [-0.4, -0.2) is 27.5 Å². The highest BCUT2D eigenvalue weighted by Gasteiger charge is 2.06. The minimum absolute atomic E-state index is 0.0783. The molecule has 0 aliphatic heterocycles. The average Bonchev–Trinajstić information content (AvgIpc) is 2.61. The maximum Gasteiger partial charge on any atom is 0.238 e. The highest BCUT2D eigenvalue weighted by molar-refractivity contribution is 7.89. The number of sulfonamides is 1. The zero-order valence-electron chi connectivity index (χ0n) is 14.6. The number of benzene rings is 2. The zero-order valence-corrected chi connectivity index (χ0v) is 15.4. The van der Waals surface area contributed by atoms with Gasteiger partial charge in [-0.1, -0.05) is 24.3 Å². The van der Waals surface area contributed by atoms with E-state index in [1.54, 1.807) is 24.3 Å². The lowest BCUT2D eigenvalue weighted by Gasteiger charge is -2.11. The Morgan fingerprint density at radius 2 is 1.65 bits per heavy atom. The van der Waals surface area contributed by atoms with Crippen molar-refractivity contribution in [2.24, 2.45) is 10.1 Å². The van der Waals surface area contributed by atoms with E-state index >= 15 is 0 Å². The van der Waals surface area contributed by atoms with Crippen LogP contribution in [0, 0.1) is 5.82 Å². The molecule has 0 bridgehead atoms. The summed E-state index contributed by atoms with van der Waals surface area (Å²) in [6.45, 7) is 3.74. The van der Waals surface area contributed by atoms with Crippen LogP contribution < -0.4 is 15.8 Å². The molecule has 0 unspecified atom stereocenters. The van der Waals surface area contributed by atoms with E-state index in [2.05, 4.69) is 15.6 Å². The molecule has 0 aliphatic rings. The van der Waals surface area contributed by atoms with Gasteiger partial charge in [-0.2, -0.15) is 0 Å². The van der Waals surface area contributed by atoms with Crippen LogP contribution in [0.25, 0.3) is 0 Å². The van der Waals surface area contributed by atoms with E-state index in [-0.39, 0.29) is 10.7 Å². The van der Waals surface area contributed by atoms with E-state index in [0.717, 1.165) is 17.5 Å². The first-order valence-electron chi connectivity index (χ1n) is 8.27. The first-order chi connectivity index (χ1) is 12.4. The Morgan fingerprint density at radius 1 is 1.04 bits per heavy atom. The van der Waals surface area contributed by atoms with Crippen molar-refractivity contribution in [3.63, 3.8) is 0 Å². The molecular weight excluding hydrogens is 355 g/mol. The van der Waals surface area contributed by atoms with Gasteiger partial charge in [-0.25, -0.2) is 22.9 Å². The topological polar surface area (TPSA) is 96.6 Å². The maximum atomic E-state index is 12.9. The van der Waals surface area contributed by atoms with Crippen molar-refractivity contribution in [2.75, 3.05) is 13.1 Å². The molecule has 0 atom stereocenters. The second kappa shape index (κ2) is 9.30. The molecule has 0 amide bonds. The number of hydrogen-bond donors (Lipinski definition) is 3. The van der Waals surface area contributed by atoms with Gasteiger partial charge in [-0.3, -0.25) is 0 Å². The summed E-state index contributed by atoms with van der Waals surface area (Å²) in [6.07, 6.45) is 0.744. The summed E-state index contributed by atoms with van der Waals surface area (Å²) in [6, 6.07) is 12.7. The Bertz CT molecular complexity index is 834. The van der Waals surface area contributed by atoms with Crippen molar-refractivity contribution in [3.05, 3.63) is 65.5 Å². The average molecular weight is 378 g/mol. The summed E-state index contributed by atoms with van der Waals surface area (Å²) < 4.78 is 35.4. The van der Waals surface area contributed by atoms with Gasteiger partial charge >= 0.3 is 0 Å². The van der Waals surface area contributed by atoms with Gasteiger partial charge in [-0.15, -0.1) is 0 Å². The predicted octanol–water partition coefficient (Wildman–Crippen LogP) is 1.77. The Kier molecular flexibility index (Phi) is 7.11. The largest absolute Gasteiger partial charge is 0.357 e. The van der Waals surface area contributed by atoms with Gasteiger partial charge in [-0.05, 0) is 48.7 Å². The fourth-order valence-electron chi connectivity index (χ4n) is 2.27. The molecule has 0 radical (unpaired) electrons. The highest BCUT2D eigenvalue weighted by Crippen LogP contribution is 2.09. The van der Waals surface area contributed by atoms with Crippen molar-refractivity contribution in [1.29, 1.82) is 0 Å². The minimum Gasteiger partial charge on any atom is -0.357 e. The normalized spacial score (nSPS) is 12.0. The van der Waals surface area contributed by atoms with Crippen molar-refractivity contribution < 1.29 is 12.8 Å². The molecule has 0 aromatic heterocycles. The molecule has 0 saturated heterocycles. The van der Waals surface area contributed by atoms with E-state index < -0.39 is 10.0 Å². The van der Waals surface area contributed by atoms with Crippen LogP contribution in [0.4, 0.5) is 4.39 Å². The fraction of sp³-hybridized carbons (Fsp3) is 0.278. The van der Waals surface area contributed by atoms with Gasteiger partial charge in [0.05, 0.1) is 11.4 Å². The van der Waals surface area contributed by atoms with Gasteiger partial charge < -0.3 is 10.6 Å². The molecule has 8 heteroatoms. The fourth-order valence-corrected chi connectivity index (χ4v) is 2.79. The van der Waals surface area contributed by atoms with Gasteiger partial charge in [0, 0.05) is 13.1 Å². The third kappa shape index (κ3) is 6.45. The summed E-state index contributed by atoms with van der Waals surface area (Å²) >= 11 is 0. The molecule has 0 spiro atoms. The number of guanidine groups is 1. The highest BCUT2D eigenvalue weighted by atomic mass is 32.2. The van der Waals surface area contributed by atoms with E-state index in [0.29, 0.717) is 25.6 Å². The van der Waals surface area contributed by atoms with Crippen LogP contribution in [0.3, 0.4) is 0 Å². The van der Waals surface area contributed by atoms with Gasteiger partial charge in [0.1, 0.15) is 5.82 Å². The molecule has 0 aliphatic carbocycles. The number of nitrogens with one attached hydrogen (secondary N) is 2. The van der Waals surface area contributed by atoms with E-state index in [1.807, 2.05) is 6.92 Å². The smallest absolute Gasteiger partial charge is 0.238 e. The summed E-state index contributed by atoms with van der Waals surface area (Å²) in [4.78, 5) is 4.55. The Morgan fingerprint density at radius 3 is 2.23 bits per heavy atom. The van der Waals surface area contributed by atoms with Crippen LogP contribution in [0.5, 0.6) is 0 Å². The van der Waals surface area contributed by atoms with Crippen molar-refractivity contribution in [3.8, 4) is 0 Å². The summed E-state index contributed by atoms with van der Waals surface area (Å²) in [5.41, 5.74) is 1.90.